The summed E-state index contributed by atoms with van der Waals surface area (Å²) in [6.07, 6.45) is 4.87. The maximum Gasteiger partial charge on any atom is 0.222 e. The normalized spacial score (nSPS) is 11.9. The lowest BCUT2D eigenvalue weighted by Crippen LogP contribution is -2.33. The highest BCUT2D eigenvalue weighted by Crippen LogP contribution is 1.98. The average molecular weight is 236 g/mol. The molecule has 5 heteroatoms. The quantitative estimate of drug-likeness (QED) is 0.785. The molecule has 5 nitrogen and oxygen atoms in total. The summed E-state index contributed by atoms with van der Waals surface area (Å²) in [5.41, 5.74) is 1.02. The zero-order chi connectivity index (χ0) is 12.7. The van der Waals surface area contributed by atoms with Gasteiger partial charge in [-0.1, -0.05) is 6.92 Å². The van der Waals surface area contributed by atoms with Crippen LogP contribution in [0.3, 0.4) is 0 Å². The van der Waals surface area contributed by atoms with Gasteiger partial charge in [0, 0.05) is 31.4 Å². The number of aryl methyl sites for hydroxylation is 1. The van der Waals surface area contributed by atoms with Crippen LogP contribution in [0.2, 0.25) is 0 Å². The second-order valence-corrected chi connectivity index (χ2v) is 4.14. The predicted molar refractivity (Wildman–Crippen MR) is 67.8 cm³/mol. The Hall–Kier alpha value is -1.65. The Labute approximate surface area is 102 Å². The zero-order valence-corrected chi connectivity index (χ0v) is 10.7. The van der Waals surface area contributed by atoms with Crippen LogP contribution in [-0.4, -0.2) is 28.5 Å². The van der Waals surface area contributed by atoms with Crippen molar-refractivity contribution in [3.8, 4) is 0 Å². The van der Waals surface area contributed by atoms with Gasteiger partial charge < -0.3 is 10.6 Å². The fourth-order valence-corrected chi connectivity index (χ4v) is 1.22. The summed E-state index contributed by atoms with van der Waals surface area (Å²) in [5, 5.41) is 5.92. The van der Waals surface area contributed by atoms with Crippen LogP contribution in [0.4, 0.5) is 5.95 Å². The van der Waals surface area contributed by atoms with Crippen molar-refractivity contribution >= 4 is 11.9 Å². The summed E-state index contributed by atoms with van der Waals surface area (Å²) < 4.78 is 0. The molecule has 1 atom stereocenters. The smallest absolute Gasteiger partial charge is 0.222 e. The van der Waals surface area contributed by atoms with Crippen LogP contribution in [0.25, 0.3) is 0 Å². The Morgan fingerprint density at radius 2 is 2.06 bits per heavy atom. The molecule has 0 fully saturated rings. The summed E-state index contributed by atoms with van der Waals surface area (Å²) in [6, 6.07) is 0.234. The third-order valence-electron chi connectivity index (χ3n) is 2.44. The molecule has 17 heavy (non-hydrogen) atoms. The number of rotatable bonds is 6. The number of nitrogens with one attached hydrogen (secondary N) is 2. The van der Waals surface area contributed by atoms with Gasteiger partial charge in [-0.25, -0.2) is 9.97 Å². The first-order chi connectivity index (χ1) is 8.11. The van der Waals surface area contributed by atoms with E-state index in [0.29, 0.717) is 18.9 Å². The van der Waals surface area contributed by atoms with Gasteiger partial charge in [0.25, 0.3) is 0 Å². The standard InChI is InChI=1S/C12H20N4O/c1-4-10(3)16-11(17)5-6-13-12-14-7-9(2)8-15-12/h7-8,10H,4-6H2,1-3H3,(H,16,17)(H,13,14,15). The van der Waals surface area contributed by atoms with Crippen LogP contribution >= 0.6 is 0 Å². The van der Waals surface area contributed by atoms with Gasteiger partial charge >= 0.3 is 0 Å². The van der Waals surface area contributed by atoms with E-state index in [9.17, 15) is 4.79 Å². The molecule has 0 bridgehead atoms. The van der Waals surface area contributed by atoms with Crippen LogP contribution < -0.4 is 10.6 Å². The van der Waals surface area contributed by atoms with Crippen molar-refractivity contribution in [3.63, 3.8) is 0 Å². The lowest BCUT2D eigenvalue weighted by atomic mass is 10.2. The van der Waals surface area contributed by atoms with Crippen LogP contribution in [0, 0.1) is 6.92 Å². The van der Waals surface area contributed by atoms with E-state index in [0.717, 1.165) is 12.0 Å². The van der Waals surface area contributed by atoms with E-state index in [4.69, 9.17) is 0 Å². The van der Waals surface area contributed by atoms with Gasteiger partial charge in [-0.05, 0) is 25.8 Å². The number of hydrogen-bond acceptors (Lipinski definition) is 4. The second-order valence-electron chi connectivity index (χ2n) is 4.14. The fraction of sp³-hybridized carbons (Fsp3) is 0.583. The first-order valence-electron chi connectivity index (χ1n) is 5.93. The van der Waals surface area contributed by atoms with E-state index in [1.807, 2.05) is 20.8 Å². The Morgan fingerprint density at radius 3 is 2.65 bits per heavy atom. The van der Waals surface area contributed by atoms with Crippen molar-refractivity contribution in [2.24, 2.45) is 0 Å². The molecule has 1 aromatic heterocycles. The van der Waals surface area contributed by atoms with E-state index < -0.39 is 0 Å². The number of anilines is 1. The van der Waals surface area contributed by atoms with Gasteiger partial charge in [0.15, 0.2) is 0 Å². The van der Waals surface area contributed by atoms with Crippen molar-refractivity contribution in [1.29, 1.82) is 0 Å². The number of carbonyl (C=O) groups is 1. The van der Waals surface area contributed by atoms with Gasteiger partial charge in [0.2, 0.25) is 11.9 Å². The van der Waals surface area contributed by atoms with Crippen LogP contribution in [-0.2, 0) is 4.79 Å². The molecule has 0 aromatic carbocycles. The van der Waals surface area contributed by atoms with E-state index in [1.165, 1.54) is 0 Å². The summed E-state index contributed by atoms with van der Waals surface area (Å²) in [7, 11) is 0. The first-order valence-corrected chi connectivity index (χ1v) is 5.93. The minimum absolute atomic E-state index is 0.0546. The lowest BCUT2D eigenvalue weighted by molar-refractivity contribution is -0.121. The third-order valence-corrected chi connectivity index (χ3v) is 2.44. The van der Waals surface area contributed by atoms with Gasteiger partial charge in [-0.2, -0.15) is 0 Å². The molecule has 1 rings (SSSR count). The zero-order valence-electron chi connectivity index (χ0n) is 10.7. The Morgan fingerprint density at radius 1 is 1.41 bits per heavy atom. The van der Waals surface area contributed by atoms with E-state index >= 15 is 0 Å². The van der Waals surface area contributed by atoms with E-state index in [-0.39, 0.29) is 11.9 Å². The molecule has 2 N–H and O–H groups in total. The first kappa shape index (κ1) is 13.4. The minimum Gasteiger partial charge on any atom is -0.354 e. The lowest BCUT2D eigenvalue weighted by Gasteiger charge is -2.11. The van der Waals surface area contributed by atoms with Crippen LogP contribution in [0.1, 0.15) is 32.3 Å². The van der Waals surface area contributed by atoms with Gasteiger partial charge in [0.05, 0.1) is 0 Å². The van der Waals surface area contributed by atoms with E-state index in [1.54, 1.807) is 12.4 Å². The number of carbonyl (C=O) groups excluding carboxylic acids is 1. The molecule has 1 amide bonds. The molecule has 0 saturated carbocycles. The molecule has 0 aliphatic rings. The molecule has 0 spiro atoms. The van der Waals surface area contributed by atoms with Crippen molar-refractivity contribution in [2.75, 3.05) is 11.9 Å². The Kier molecular flexibility index (Phi) is 5.39. The molecule has 0 radical (unpaired) electrons. The van der Waals surface area contributed by atoms with Crippen molar-refractivity contribution in [3.05, 3.63) is 18.0 Å². The highest BCUT2D eigenvalue weighted by Gasteiger charge is 2.05. The fourth-order valence-electron chi connectivity index (χ4n) is 1.22. The Balaban J connectivity index is 2.23. The molecule has 1 heterocycles. The number of hydrogen-bond donors (Lipinski definition) is 2. The molecule has 0 aliphatic carbocycles. The number of aromatic nitrogens is 2. The molecule has 0 saturated heterocycles. The van der Waals surface area contributed by atoms with Gasteiger partial charge in [-0.15, -0.1) is 0 Å². The molecular formula is C12H20N4O. The second kappa shape index (κ2) is 6.83. The molecular weight excluding hydrogens is 216 g/mol. The molecule has 94 valence electrons. The highest BCUT2D eigenvalue weighted by atomic mass is 16.1. The SMILES string of the molecule is CCC(C)NC(=O)CCNc1ncc(C)cn1. The largest absolute Gasteiger partial charge is 0.354 e. The predicted octanol–water partition coefficient (Wildman–Crippen LogP) is 1.50. The summed E-state index contributed by atoms with van der Waals surface area (Å²) in [4.78, 5) is 19.7. The Bertz CT molecular complexity index is 350. The van der Waals surface area contributed by atoms with Gasteiger partial charge in [-0.3, -0.25) is 4.79 Å². The monoisotopic (exact) mass is 236 g/mol. The highest BCUT2D eigenvalue weighted by molar-refractivity contribution is 5.76. The molecule has 1 unspecified atom stereocenters. The third kappa shape index (κ3) is 5.29. The topological polar surface area (TPSA) is 66.9 Å². The van der Waals surface area contributed by atoms with Gasteiger partial charge in [0.1, 0.15) is 0 Å². The summed E-state index contributed by atoms with van der Waals surface area (Å²) in [6.45, 7) is 6.52. The van der Waals surface area contributed by atoms with Crippen LogP contribution in [0.15, 0.2) is 12.4 Å². The average Bonchev–Trinajstić information content (AvgIpc) is 2.31. The number of amides is 1. The van der Waals surface area contributed by atoms with Crippen molar-refractivity contribution in [2.45, 2.75) is 39.7 Å². The summed E-state index contributed by atoms with van der Waals surface area (Å²) >= 11 is 0. The molecule has 0 aliphatic heterocycles. The van der Waals surface area contributed by atoms with Crippen molar-refractivity contribution < 1.29 is 4.79 Å². The number of nitrogens with zero attached hydrogens (tertiary/aromatic N) is 2. The maximum absolute atomic E-state index is 11.5. The minimum atomic E-state index is 0.0546. The van der Waals surface area contributed by atoms with Crippen LogP contribution in [0.5, 0.6) is 0 Å². The molecule has 1 aromatic rings. The van der Waals surface area contributed by atoms with Crippen molar-refractivity contribution in [1.82, 2.24) is 15.3 Å². The van der Waals surface area contributed by atoms with E-state index in [2.05, 4.69) is 20.6 Å². The maximum atomic E-state index is 11.5. The summed E-state index contributed by atoms with van der Waals surface area (Å²) in [5.74, 6) is 0.617.